The Balaban J connectivity index is 1.25. The van der Waals surface area contributed by atoms with Crippen molar-refractivity contribution in [3.63, 3.8) is 0 Å². The minimum Gasteiger partial charge on any atom is -0.248 e. The first kappa shape index (κ1) is 29.1. The van der Waals surface area contributed by atoms with Gasteiger partial charge in [0.1, 0.15) is 0 Å². The van der Waals surface area contributed by atoms with Crippen LogP contribution in [0.25, 0.3) is 32.9 Å². The van der Waals surface area contributed by atoms with Gasteiger partial charge in [-0.25, -0.2) is 13.8 Å². The maximum absolute atomic E-state index is 14.0. The fourth-order valence-corrected chi connectivity index (χ4v) is 8.07. The van der Waals surface area contributed by atoms with Crippen molar-refractivity contribution < 1.29 is 8.78 Å². The lowest BCUT2D eigenvalue weighted by Crippen LogP contribution is -2.26. The monoisotopic (exact) mass is 587 g/mol. The molecule has 3 heteroatoms. The third-order valence-electron chi connectivity index (χ3n) is 10.3. The molecule has 0 N–H and O–H groups in total. The Hall–Kier alpha value is -3.59. The summed E-state index contributed by atoms with van der Waals surface area (Å²) in [6, 6.07) is 26.7. The molecule has 5 aromatic rings. The van der Waals surface area contributed by atoms with Gasteiger partial charge in [-0.05, 0) is 137 Å². The maximum atomic E-state index is 14.0. The highest BCUT2D eigenvalue weighted by Gasteiger charge is 2.34. The first-order valence-corrected chi connectivity index (χ1v) is 16.4. The molecule has 226 valence electrons. The van der Waals surface area contributed by atoms with Gasteiger partial charge in [-0.15, -0.1) is 0 Å². The zero-order valence-electron chi connectivity index (χ0n) is 26.7. The molecule has 4 aromatic carbocycles. The van der Waals surface area contributed by atoms with E-state index >= 15 is 0 Å². The van der Waals surface area contributed by atoms with Crippen LogP contribution in [-0.4, -0.2) is 10.9 Å². The summed E-state index contributed by atoms with van der Waals surface area (Å²) < 4.78 is 28.0. The van der Waals surface area contributed by atoms with Crippen LogP contribution >= 0.6 is 0 Å². The fourth-order valence-electron chi connectivity index (χ4n) is 8.07. The molecule has 0 bridgehead atoms. The molecular formula is C41H43F2N. The number of nitrogens with zero attached hydrogens (tertiary/aromatic N) is 1. The number of aryl methyl sites for hydroxylation is 3. The van der Waals surface area contributed by atoms with Crippen molar-refractivity contribution in [2.45, 2.75) is 103 Å². The number of rotatable bonds is 3. The van der Waals surface area contributed by atoms with E-state index in [0.29, 0.717) is 18.3 Å². The van der Waals surface area contributed by atoms with Crippen molar-refractivity contribution >= 4 is 21.7 Å². The fraction of sp³-hybridized carbons (Fsp3) is 0.390. The maximum Gasteiger partial charge on any atom is 0.252 e. The highest BCUT2D eigenvalue weighted by atomic mass is 19.3. The molecule has 1 heterocycles. The molecule has 1 aromatic heterocycles. The second kappa shape index (κ2) is 10.8. The normalized spacial score (nSPS) is 20.2. The Morgan fingerprint density at radius 1 is 0.795 bits per heavy atom. The number of alkyl halides is 2. The molecule has 7 rings (SSSR count). The predicted molar refractivity (Wildman–Crippen MR) is 180 cm³/mol. The number of fused-ring (bicyclic) bond motifs is 3. The summed E-state index contributed by atoms with van der Waals surface area (Å²) in [6.07, 6.45) is 4.83. The van der Waals surface area contributed by atoms with Crippen molar-refractivity contribution in [1.29, 1.82) is 0 Å². The van der Waals surface area contributed by atoms with E-state index in [1.807, 2.05) is 6.07 Å². The Morgan fingerprint density at radius 3 is 2.32 bits per heavy atom. The van der Waals surface area contributed by atoms with E-state index in [1.54, 1.807) is 0 Å². The molecule has 0 amide bonds. The van der Waals surface area contributed by atoms with Gasteiger partial charge in [0, 0.05) is 23.8 Å². The summed E-state index contributed by atoms with van der Waals surface area (Å²) in [6.45, 7) is 11.3. The third kappa shape index (κ3) is 5.44. The lowest BCUT2D eigenvalue weighted by Gasteiger charge is -2.31. The van der Waals surface area contributed by atoms with Crippen LogP contribution in [-0.2, 0) is 18.3 Å². The Morgan fingerprint density at radius 2 is 1.55 bits per heavy atom. The Kier molecular flexibility index (Phi) is 7.15. The highest BCUT2D eigenvalue weighted by Crippen LogP contribution is 2.45. The Labute approximate surface area is 260 Å². The lowest BCUT2D eigenvalue weighted by molar-refractivity contribution is -0.0122. The number of hydrogen-bond acceptors (Lipinski definition) is 1. The van der Waals surface area contributed by atoms with Crippen molar-refractivity contribution in [2.75, 3.05) is 0 Å². The zero-order chi connectivity index (χ0) is 30.8. The first-order valence-electron chi connectivity index (χ1n) is 16.4. The second-order valence-electron chi connectivity index (χ2n) is 14.7. The average Bonchev–Trinajstić information content (AvgIpc) is 2.98. The Bertz CT molecular complexity index is 1890. The second-order valence-corrected chi connectivity index (χ2v) is 14.7. The van der Waals surface area contributed by atoms with Crippen molar-refractivity contribution in [2.24, 2.45) is 0 Å². The van der Waals surface area contributed by atoms with Gasteiger partial charge in [-0.3, -0.25) is 0 Å². The topological polar surface area (TPSA) is 12.9 Å². The van der Waals surface area contributed by atoms with Crippen molar-refractivity contribution in [3.05, 3.63) is 112 Å². The standard InChI is InChI=1S/C41H43F2N/c1-25-18-26(2)39-35(28-12-10-27(11-13-28)29-14-15-32-24-41(42,43)17-16-30(32)20-29)23-37(44-38(39)19-25)33-21-31-8-6-7-9-34(31)36(22-33)40(3,4)5/h6-9,14-15,18-23,27-28H,10-13,16-17,24H2,1-5H3. The van der Waals surface area contributed by atoms with Gasteiger partial charge in [0.2, 0.25) is 0 Å². The van der Waals surface area contributed by atoms with Gasteiger partial charge >= 0.3 is 0 Å². The quantitative estimate of drug-likeness (QED) is 0.205. The summed E-state index contributed by atoms with van der Waals surface area (Å²) in [5, 5.41) is 3.88. The van der Waals surface area contributed by atoms with E-state index in [0.717, 1.165) is 48.0 Å². The molecule has 0 aliphatic heterocycles. The van der Waals surface area contributed by atoms with E-state index in [2.05, 4.69) is 101 Å². The molecule has 44 heavy (non-hydrogen) atoms. The van der Waals surface area contributed by atoms with Gasteiger partial charge < -0.3 is 0 Å². The van der Waals surface area contributed by atoms with E-state index in [4.69, 9.17) is 4.98 Å². The molecule has 0 radical (unpaired) electrons. The van der Waals surface area contributed by atoms with E-state index in [9.17, 15) is 8.78 Å². The summed E-state index contributed by atoms with van der Waals surface area (Å²) in [5.74, 6) is -1.60. The molecule has 1 saturated carbocycles. The van der Waals surface area contributed by atoms with Crippen LogP contribution in [0.2, 0.25) is 0 Å². The molecule has 0 spiro atoms. The van der Waals surface area contributed by atoms with Gasteiger partial charge in [0.15, 0.2) is 0 Å². The molecule has 2 aliphatic carbocycles. The van der Waals surface area contributed by atoms with Crippen LogP contribution in [0, 0.1) is 13.8 Å². The van der Waals surface area contributed by atoms with Crippen molar-refractivity contribution in [1.82, 2.24) is 4.98 Å². The number of hydrogen-bond donors (Lipinski definition) is 0. The van der Waals surface area contributed by atoms with Gasteiger partial charge in [-0.1, -0.05) is 69.3 Å². The number of aromatic nitrogens is 1. The van der Waals surface area contributed by atoms with Crippen LogP contribution < -0.4 is 0 Å². The van der Waals surface area contributed by atoms with Crippen LogP contribution in [0.1, 0.15) is 104 Å². The molecule has 0 unspecified atom stereocenters. The number of benzene rings is 4. The minimum atomic E-state index is -2.56. The molecule has 0 atom stereocenters. The summed E-state index contributed by atoms with van der Waals surface area (Å²) in [5.41, 5.74) is 12.0. The van der Waals surface area contributed by atoms with Crippen LogP contribution in [0.5, 0.6) is 0 Å². The van der Waals surface area contributed by atoms with E-state index in [1.165, 1.54) is 49.5 Å². The highest BCUT2D eigenvalue weighted by molar-refractivity contribution is 5.93. The van der Waals surface area contributed by atoms with Crippen LogP contribution in [0.3, 0.4) is 0 Å². The summed E-state index contributed by atoms with van der Waals surface area (Å²) in [7, 11) is 0. The molecular weight excluding hydrogens is 544 g/mol. The predicted octanol–water partition coefficient (Wildman–Crippen LogP) is 11.5. The molecule has 2 aliphatic rings. The zero-order valence-corrected chi connectivity index (χ0v) is 26.7. The summed E-state index contributed by atoms with van der Waals surface area (Å²) >= 11 is 0. The SMILES string of the molecule is Cc1cc(C)c2c(C3CCC(c4ccc5c(c4)CCC(F)(F)C5)CC3)cc(-c3cc(C(C)(C)C)c4ccccc4c3)nc2c1. The van der Waals surface area contributed by atoms with Crippen LogP contribution in [0.15, 0.2) is 72.8 Å². The number of pyridine rings is 1. The average molecular weight is 588 g/mol. The minimum absolute atomic E-state index is 0.0123. The van der Waals surface area contributed by atoms with Crippen molar-refractivity contribution in [3.8, 4) is 11.3 Å². The van der Waals surface area contributed by atoms with E-state index < -0.39 is 5.92 Å². The molecule has 0 saturated heterocycles. The molecule has 1 fully saturated rings. The van der Waals surface area contributed by atoms with Crippen LogP contribution in [0.4, 0.5) is 8.78 Å². The lowest BCUT2D eigenvalue weighted by atomic mass is 9.74. The molecule has 1 nitrogen and oxygen atoms in total. The largest absolute Gasteiger partial charge is 0.252 e. The van der Waals surface area contributed by atoms with E-state index in [-0.39, 0.29) is 18.3 Å². The smallest absolute Gasteiger partial charge is 0.248 e. The van der Waals surface area contributed by atoms with Gasteiger partial charge in [0.05, 0.1) is 11.2 Å². The van der Waals surface area contributed by atoms with Gasteiger partial charge in [0.25, 0.3) is 5.92 Å². The summed E-state index contributed by atoms with van der Waals surface area (Å²) in [4.78, 5) is 5.31. The van der Waals surface area contributed by atoms with Gasteiger partial charge in [-0.2, -0.15) is 0 Å². The number of halogens is 2. The first-order chi connectivity index (χ1) is 20.9. The third-order valence-corrected chi connectivity index (χ3v) is 10.3.